The van der Waals surface area contributed by atoms with Crippen molar-refractivity contribution in [3.8, 4) is 0 Å². The zero-order valence-electron chi connectivity index (χ0n) is 17.5. The highest BCUT2D eigenvalue weighted by atomic mass is 16.5. The number of methoxy groups -OCH3 is 1. The second-order valence-electron chi connectivity index (χ2n) is 6.95. The van der Waals surface area contributed by atoms with Crippen LogP contribution in [0.2, 0.25) is 0 Å². The van der Waals surface area contributed by atoms with E-state index in [0.29, 0.717) is 24.1 Å². The molecule has 0 heterocycles. The van der Waals surface area contributed by atoms with Gasteiger partial charge in [0.2, 0.25) is 0 Å². The summed E-state index contributed by atoms with van der Waals surface area (Å²) in [6, 6.07) is 14.2. The lowest BCUT2D eigenvalue weighted by Gasteiger charge is -2.34. The number of unbranched alkanes of at least 4 members (excludes halogenated alkanes) is 1. The van der Waals surface area contributed by atoms with Gasteiger partial charge in [-0.25, -0.2) is 10.0 Å². The number of rotatable bonds is 7. The Morgan fingerprint density at radius 3 is 1.66 bits per heavy atom. The highest BCUT2D eigenvalue weighted by Crippen LogP contribution is 2.15. The van der Waals surface area contributed by atoms with E-state index in [-0.39, 0.29) is 12.5 Å². The minimum Gasteiger partial charge on any atom is -0.468 e. The number of carbonyl (C=O) groups is 3. The third-order valence-corrected chi connectivity index (χ3v) is 4.59. The van der Waals surface area contributed by atoms with Crippen molar-refractivity contribution in [3.63, 3.8) is 0 Å². The van der Waals surface area contributed by atoms with Gasteiger partial charge < -0.3 is 4.74 Å². The topological polar surface area (TPSA) is 66.9 Å². The van der Waals surface area contributed by atoms with Crippen LogP contribution in [0.15, 0.2) is 48.5 Å². The second-order valence-corrected chi connectivity index (χ2v) is 6.95. The minimum absolute atomic E-state index is 0.317. The van der Waals surface area contributed by atoms with Crippen LogP contribution in [0.25, 0.3) is 0 Å². The largest absolute Gasteiger partial charge is 0.468 e. The lowest BCUT2D eigenvalue weighted by atomic mass is 10.1. The summed E-state index contributed by atoms with van der Waals surface area (Å²) >= 11 is 0. The zero-order valence-corrected chi connectivity index (χ0v) is 17.5. The monoisotopic (exact) mass is 396 g/mol. The van der Waals surface area contributed by atoms with E-state index >= 15 is 0 Å². The molecular formula is C23H28N2O4. The number of nitrogens with zero attached hydrogens (tertiary/aromatic N) is 2. The van der Waals surface area contributed by atoms with E-state index in [0.717, 1.165) is 17.5 Å². The molecule has 29 heavy (non-hydrogen) atoms. The Kier molecular flexibility index (Phi) is 7.95. The van der Waals surface area contributed by atoms with Crippen LogP contribution in [0.1, 0.15) is 51.6 Å². The molecule has 6 heteroatoms. The summed E-state index contributed by atoms with van der Waals surface area (Å²) < 4.78 is 4.77. The Morgan fingerprint density at radius 2 is 1.24 bits per heavy atom. The molecule has 0 unspecified atom stereocenters. The van der Waals surface area contributed by atoms with Crippen molar-refractivity contribution in [1.29, 1.82) is 0 Å². The van der Waals surface area contributed by atoms with Gasteiger partial charge in [-0.05, 0) is 44.5 Å². The lowest BCUT2D eigenvalue weighted by Crippen LogP contribution is -2.52. The van der Waals surface area contributed by atoms with E-state index in [4.69, 9.17) is 4.74 Å². The molecule has 6 nitrogen and oxygen atoms in total. The Hall–Kier alpha value is -3.15. The molecule has 0 fully saturated rings. The molecule has 0 bridgehead atoms. The van der Waals surface area contributed by atoms with Gasteiger partial charge in [-0.3, -0.25) is 14.4 Å². The number of aryl methyl sites for hydroxylation is 2. The maximum absolute atomic E-state index is 13.2. The van der Waals surface area contributed by atoms with E-state index in [1.54, 1.807) is 24.3 Å². The van der Waals surface area contributed by atoms with E-state index in [2.05, 4.69) is 0 Å². The highest BCUT2D eigenvalue weighted by molar-refractivity contribution is 6.00. The second kappa shape index (κ2) is 10.4. The van der Waals surface area contributed by atoms with Crippen molar-refractivity contribution < 1.29 is 19.1 Å². The van der Waals surface area contributed by atoms with Crippen LogP contribution >= 0.6 is 0 Å². The van der Waals surface area contributed by atoms with Crippen LogP contribution in [-0.2, 0) is 9.53 Å². The Bertz CT molecular complexity index is 844. The highest BCUT2D eigenvalue weighted by Gasteiger charge is 2.29. The molecule has 0 spiro atoms. The van der Waals surface area contributed by atoms with Crippen LogP contribution in [0, 0.1) is 13.8 Å². The third kappa shape index (κ3) is 5.91. The Balaban J connectivity index is 2.43. The first-order valence-corrected chi connectivity index (χ1v) is 9.71. The normalized spacial score (nSPS) is 10.3. The van der Waals surface area contributed by atoms with Gasteiger partial charge in [0.05, 0.1) is 7.11 Å². The summed E-state index contributed by atoms with van der Waals surface area (Å²) in [5, 5.41) is 2.54. The zero-order chi connectivity index (χ0) is 21.4. The molecule has 2 aromatic carbocycles. The predicted octanol–water partition coefficient (Wildman–Crippen LogP) is 3.78. The molecule has 0 saturated carbocycles. The Morgan fingerprint density at radius 1 is 0.793 bits per heavy atom. The maximum atomic E-state index is 13.2. The van der Waals surface area contributed by atoms with Gasteiger partial charge in [0.25, 0.3) is 11.8 Å². The first-order chi connectivity index (χ1) is 13.9. The quantitative estimate of drug-likeness (QED) is 0.528. The van der Waals surface area contributed by atoms with Crippen LogP contribution in [-0.4, -0.2) is 48.0 Å². The van der Waals surface area contributed by atoms with E-state index < -0.39 is 11.9 Å². The molecule has 0 radical (unpaired) electrons. The maximum Gasteiger partial charge on any atom is 0.327 e. The molecule has 2 aromatic rings. The van der Waals surface area contributed by atoms with Crippen LogP contribution in [0.4, 0.5) is 0 Å². The van der Waals surface area contributed by atoms with E-state index in [1.807, 2.05) is 45.0 Å². The molecule has 0 aliphatic rings. The summed E-state index contributed by atoms with van der Waals surface area (Å²) in [6.07, 6.45) is 1.53. The van der Waals surface area contributed by atoms with Crippen molar-refractivity contribution in [2.75, 3.05) is 20.2 Å². The summed E-state index contributed by atoms with van der Waals surface area (Å²) in [5.74, 6) is -1.35. The minimum atomic E-state index is -0.594. The number of hydrazine groups is 1. The fourth-order valence-corrected chi connectivity index (χ4v) is 2.78. The van der Waals surface area contributed by atoms with Gasteiger partial charge in [0.15, 0.2) is 0 Å². The molecule has 2 rings (SSSR count). The van der Waals surface area contributed by atoms with Gasteiger partial charge in [0.1, 0.15) is 6.54 Å². The number of ether oxygens (including phenoxy) is 1. The van der Waals surface area contributed by atoms with Gasteiger partial charge >= 0.3 is 5.97 Å². The van der Waals surface area contributed by atoms with Gasteiger partial charge in [0, 0.05) is 17.7 Å². The van der Waals surface area contributed by atoms with Gasteiger partial charge in [-0.15, -0.1) is 0 Å². The number of carbonyl (C=O) groups excluding carboxylic acids is 3. The summed E-state index contributed by atoms with van der Waals surface area (Å²) in [4.78, 5) is 38.5. The van der Waals surface area contributed by atoms with Gasteiger partial charge in [-0.1, -0.05) is 48.7 Å². The van der Waals surface area contributed by atoms with Crippen LogP contribution in [0.5, 0.6) is 0 Å². The third-order valence-electron chi connectivity index (χ3n) is 4.59. The van der Waals surface area contributed by atoms with Crippen LogP contribution in [0.3, 0.4) is 0 Å². The summed E-state index contributed by atoms with van der Waals surface area (Å²) in [7, 11) is 1.26. The average molecular weight is 396 g/mol. The number of hydrogen-bond donors (Lipinski definition) is 0. The van der Waals surface area contributed by atoms with Crippen molar-refractivity contribution in [2.24, 2.45) is 0 Å². The van der Waals surface area contributed by atoms with Crippen molar-refractivity contribution in [3.05, 3.63) is 70.8 Å². The molecule has 0 aromatic heterocycles. The molecule has 0 aliphatic carbocycles. The molecular weight excluding hydrogens is 368 g/mol. The fraction of sp³-hybridized carbons (Fsp3) is 0.348. The smallest absolute Gasteiger partial charge is 0.327 e. The Labute approximate surface area is 172 Å². The molecule has 154 valence electrons. The van der Waals surface area contributed by atoms with E-state index in [9.17, 15) is 14.4 Å². The lowest BCUT2D eigenvalue weighted by molar-refractivity contribution is -0.144. The van der Waals surface area contributed by atoms with Crippen molar-refractivity contribution >= 4 is 17.8 Å². The molecule has 2 amide bonds. The SMILES string of the molecule is CCCCN(C(=O)c1ccc(C)cc1)N(CC(=O)OC)C(=O)c1ccc(C)cc1. The molecule has 0 saturated heterocycles. The fourth-order valence-electron chi connectivity index (χ4n) is 2.78. The predicted molar refractivity (Wildman–Crippen MR) is 111 cm³/mol. The molecule has 0 atom stereocenters. The van der Waals surface area contributed by atoms with Crippen molar-refractivity contribution in [1.82, 2.24) is 10.0 Å². The number of benzene rings is 2. The van der Waals surface area contributed by atoms with E-state index in [1.165, 1.54) is 17.1 Å². The number of hydrogen-bond acceptors (Lipinski definition) is 4. The van der Waals surface area contributed by atoms with Gasteiger partial charge in [-0.2, -0.15) is 0 Å². The summed E-state index contributed by atoms with van der Waals surface area (Å²) in [5.41, 5.74) is 2.90. The molecule has 0 N–H and O–H groups in total. The first-order valence-electron chi connectivity index (χ1n) is 9.71. The summed E-state index contributed by atoms with van der Waals surface area (Å²) in [6.45, 7) is 5.84. The molecule has 0 aliphatic heterocycles. The number of esters is 1. The number of amides is 2. The first kappa shape index (κ1) is 22.1. The average Bonchev–Trinajstić information content (AvgIpc) is 2.73. The van der Waals surface area contributed by atoms with Crippen LogP contribution < -0.4 is 0 Å². The standard InChI is InChI=1S/C23H28N2O4/c1-5-6-15-24(22(27)19-11-7-17(2)8-12-19)25(16-21(26)29-4)23(28)20-13-9-18(3)10-14-20/h7-14H,5-6,15-16H2,1-4H3. The van der Waals surface area contributed by atoms with Crippen molar-refractivity contribution in [2.45, 2.75) is 33.6 Å².